The lowest BCUT2D eigenvalue weighted by atomic mass is 9.87. The summed E-state index contributed by atoms with van der Waals surface area (Å²) in [6, 6.07) is 0. The van der Waals surface area contributed by atoms with E-state index < -0.39 is 0 Å². The van der Waals surface area contributed by atoms with Gasteiger partial charge < -0.3 is 5.11 Å². The predicted octanol–water partition coefficient (Wildman–Crippen LogP) is 5.19. The minimum atomic E-state index is -0.248. The summed E-state index contributed by atoms with van der Waals surface area (Å²) in [5.41, 5.74) is 1.14. The first-order valence-corrected chi connectivity index (χ1v) is 7.76. The topological polar surface area (TPSA) is 20.2 Å². The van der Waals surface area contributed by atoms with Crippen molar-refractivity contribution >= 4 is 0 Å². The molecular formula is C17H34O. The molecule has 0 heterocycles. The van der Waals surface area contributed by atoms with Crippen LogP contribution in [0.3, 0.4) is 0 Å². The smallest absolute Gasteiger partial charge is 0.0744 e. The second-order valence-corrected chi connectivity index (χ2v) is 6.28. The first-order valence-electron chi connectivity index (χ1n) is 7.76. The van der Waals surface area contributed by atoms with E-state index in [0.717, 1.165) is 23.8 Å². The van der Waals surface area contributed by atoms with Crippen LogP contribution < -0.4 is 0 Å². The maximum Gasteiger partial charge on any atom is 0.0744 e. The Kier molecular flexibility index (Phi) is 9.45. The van der Waals surface area contributed by atoms with Crippen LogP contribution in [0.5, 0.6) is 0 Å². The highest BCUT2D eigenvalue weighted by molar-refractivity contribution is 5.05. The second kappa shape index (κ2) is 9.61. The van der Waals surface area contributed by atoms with Crippen LogP contribution in [0.2, 0.25) is 0 Å². The zero-order valence-electron chi connectivity index (χ0n) is 13.4. The fourth-order valence-electron chi connectivity index (χ4n) is 2.98. The summed E-state index contributed by atoms with van der Waals surface area (Å²) in [6.07, 6.45) is 8.05. The van der Waals surface area contributed by atoms with E-state index in [-0.39, 0.29) is 6.10 Å². The third-order valence-electron chi connectivity index (χ3n) is 3.82. The monoisotopic (exact) mass is 254 g/mol. The maximum absolute atomic E-state index is 9.76. The van der Waals surface area contributed by atoms with Gasteiger partial charge in [-0.1, -0.05) is 53.5 Å². The van der Waals surface area contributed by atoms with Gasteiger partial charge in [0.2, 0.25) is 0 Å². The van der Waals surface area contributed by atoms with Gasteiger partial charge in [0.05, 0.1) is 6.10 Å². The predicted molar refractivity (Wildman–Crippen MR) is 81.7 cm³/mol. The third kappa shape index (κ3) is 7.92. The molecule has 0 aromatic carbocycles. The molecule has 0 bridgehead atoms. The molecular weight excluding hydrogens is 220 g/mol. The molecule has 1 heteroatoms. The van der Waals surface area contributed by atoms with E-state index in [1.807, 2.05) is 6.92 Å². The van der Waals surface area contributed by atoms with Gasteiger partial charge in [0, 0.05) is 0 Å². The zero-order valence-corrected chi connectivity index (χ0v) is 13.4. The summed E-state index contributed by atoms with van der Waals surface area (Å²) in [6.45, 7) is 13.3. The van der Waals surface area contributed by atoms with Crippen LogP contribution in [0.15, 0.2) is 11.6 Å². The molecule has 0 aromatic heterocycles. The van der Waals surface area contributed by atoms with Gasteiger partial charge >= 0.3 is 0 Å². The van der Waals surface area contributed by atoms with E-state index in [9.17, 15) is 5.11 Å². The van der Waals surface area contributed by atoms with Crippen molar-refractivity contribution < 1.29 is 5.11 Å². The standard InChI is InChI=1S/C17H34O/c1-7-9-13(3)10-14(4)11-15(5)12-16(6)17(18)8-2/h12-15,17-18H,7-11H2,1-6H3/b16-12+/t13-,14-,15-,17?/m0/s1. The molecule has 18 heavy (non-hydrogen) atoms. The summed E-state index contributed by atoms with van der Waals surface area (Å²) in [5.74, 6) is 2.21. The Morgan fingerprint density at radius 2 is 1.67 bits per heavy atom. The van der Waals surface area contributed by atoms with Gasteiger partial charge in [-0.05, 0) is 49.5 Å². The second-order valence-electron chi connectivity index (χ2n) is 6.28. The first-order chi connectivity index (χ1) is 8.40. The average Bonchev–Trinajstić information content (AvgIpc) is 2.27. The van der Waals surface area contributed by atoms with Crippen LogP contribution in [-0.2, 0) is 0 Å². The molecule has 108 valence electrons. The Hall–Kier alpha value is -0.300. The van der Waals surface area contributed by atoms with E-state index in [1.165, 1.54) is 25.7 Å². The molecule has 0 spiro atoms. The van der Waals surface area contributed by atoms with Crippen LogP contribution in [0.1, 0.15) is 73.6 Å². The van der Waals surface area contributed by atoms with Crippen molar-refractivity contribution in [2.24, 2.45) is 17.8 Å². The fraction of sp³-hybridized carbons (Fsp3) is 0.882. The molecule has 0 aliphatic carbocycles. The molecule has 1 nitrogen and oxygen atoms in total. The number of hydrogen-bond acceptors (Lipinski definition) is 1. The molecule has 0 aliphatic heterocycles. The lowest BCUT2D eigenvalue weighted by Gasteiger charge is -2.20. The minimum Gasteiger partial charge on any atom is -0.389 e. The van der Waals surface area contributed by atoms with E-state index in [1.54, 1.807) is 0 Å². The summed E-state index contributed by atoms with van der Waals surface area (Å²) in [5, 5.41) is 9.76. The van der Waals surface area contributed by atoms with Gasteiger partial charge in [0.15, 0.2) is 0 Å². The normalized spacial score (nSPS) is 19.4. The Morgan fingerprint density at radius 3 is 2.17 bits per heavy atom. The van der Waals surface area contributed by atoms with Crippen molar-refractivity contribution in [3.63, 3.8) is 0 Å². The van der Waals surface area contributed by atoms with Crippen LogP contribution in [0, 0.1) is 17.8 Å². The van der Waals surface area contributed by atoms with Crippen LogP contribution in [0.4, 0.5) is 0 Å². The first kappa shape index (κ1) is 17.7. The quantitative estimate of drug-likeness (QED) is 0.561. The SMILES string of the molecule is CCC[C@H](C)C[C@H](C)C[C@H](C)/C=C(\C)C(O)CC. The van der Waals surface area contributed by atoms with Crippen LogP contribution in [-0.4, -0.2) is 11.2 Å². The molecule has 0 aromatic rings. The van der Waals surface area contributed by atoms with E-state index in [2.05, 4.69) is 40.7 Å². The van der Waals surface area contributed by atoms with Crippen molar-refractivity contribution in [3.8, 4) is 0 Å². The van der Waals surface area contributed by atoms with Gasteiger partial charge in [-0.15, -0.1) is 0 Å². The Balaban J connectivity index is 4.10. The van der Waals surface area contributed by atoms with Crippen molar-refractivity contribution in [3.05, 3.63) is 11.6 Å². The number of rotatable bonds is 9. The van der Waals surface area contributed by atoms with Gasteiger partial charge in [-0.2, -0.15) is 0 Å². The summed E-state index contributed by atoms with van der Waals surface area (Å²) < 4.78 is 0. The number of aliphatic hydroxyl groups excluding tert-OH is 1. The average molecular weight is 254 g/mol. The molecule has 4 atom stereocenters. The highest BCUT2D eigenvalue weighted by Crippen LogP contribution is 2.24. The van der Waals surface area contributed by atoms with Gasteiger partial charge in [-0.25, -0.2) is 0 Å². The van der Waals surface area contributed by atoms with E-state index in [4.69, 9.17) is 0 Å². The molecule has 0 rings (SSSR count). The van der Waals surface area contributed by atoms with Crippen molar-refractivity contribution in [2.75, 3.05) is 0 Å². The van der Waals surface area contributed by atoms with Gasteiger partial charge in [0.1, 0.15) is 0 Å². The molecule has 0 fully saturated rings. The summed E-state index contributed by atoms with van der Waals surface area (Å²) >= 11 is 0. The van der Waals surface area contributed by atoms with Gasteiger partial charge in [-0.3, -0.25) is 0 Å². The molecule has 1 N–H and O–H groups in total. The molecule has 0 aliphatic rings. The minimum absolute atomic E-state index is 0.248. The van der Waals surface area contributed by atoms with E-state index in [0.29, 0.717) is 5.92 Å². The van der Waals surface area contributed by atoms with Crippen molar-refractivity contribution in [1.29, 1.82) is 0 Å². The summed E-state index contributed by atoms with van der Waals surface area (Å²) in [4.78, 5) is 0. The van der Waals surface area contributed by atoms with Crippen LogP contribution >= 0.6 is 0 Å². The lowest BCUT2D eigenvalue weighted by Crippen LogP contribution is -2.10. The summed E-state index contributed by atoms with van der Waals surface area (Å²) in [7, 11) is 0. The molecule has 0 saturated carbocycles. The Labute approximate surface area is 115 Å². The fourth-order valence-corrected chi connectivity index (χ4v) is 2.98. The maximum atomic E-state index is 9.76. The molecule has 1 unspecified atom stereocenters. The molecule has 0 radical (unpaired) electrons. The number of allylic oxidation sites excluding steroid dienone is 1. The van der Waals surface area contributed by atoms with Crippen molar-refractivity contribution in [2.45, 2.75) is 79.8 Å². The Morgan fingerprint density at radius 1 is 1.06 bits per heavy atom. The van der Waals surface area contributed by atoms with E-state index >= 15 is 0 Å². The third-order valence-corrected chi connectivity index (χ3v) is 3.82. The number of aliphatic hydroxyl groups is 1. The van der Waals surface area contributed by atoms with Gasteiger partial charge in [0.25, 0.3) is 0 Å². The van der Waals surface area contributed by atoms with Crippen LogP contribution in [0.25, 0.3) is 0 Å². The zero-order chi connectivity index (χ0) is 14.1. The highest BCUT2D eigenvalue weighted by Gasteiger charge is 2.12. The Bertz CT molecular complexity index is 232. The van der Waals surface area contributed by atoms with Crippen molar-refractivity contribution in [1.82, 2.24) is 0 Å². The lowest BCUT2D eigenvalue weighted by molar-refractivity contribution is 0.205. The number of hydrogen-bond donors (Lipinski definition) is 1. The molecule has 0 amide bonds. The largest absolute Gasteiger partial charge is 0.389 e. The highest BCUT2D eigenvalue weighted by atomic mass is 16.3. The molecule has 0 saturated heterocycles.